The van der Waals surface area contributed by atoms with Crippen molar-refractivity contribution in [3.63, 3.8) is 0 Å². The fourth-order valence-electron chi connectivity index (χ4n) is 3.22. The normalized spacial score (nSPS) is 52.8. The van der Waals surface area contributed by atoms with Crippen LogP contribution in [0.15, 0.2) is 0 Å². The van der Waals surface area contributed by atoms with Crippen molar-refractivity contribution in [2.24, 2.45) is 11.8 Å². The summed E-state index contributed by atoms with van der Waals surface area (Å²) in [5.41, 5.74) is 0. The van der Waals surface area contributed by atoms with Crippen LogP contribution >= 0.6 is 0 Å². The van der Waals surface area contributed by atoms with Gasteiger partial charge in [0, 0.05) is 12.6 Å². The van der Waals surface area contributed by atoms with Crippen LogP contribution in [-0.4, -0.2) is 35.2 Å². The third-order valence-electron chi connectivity index (χ3n) is 3.97. The summed E-state index contributed by atoms with van der Waals surface area (Å²) < 4.78 is 0. The van der Waals surface area contributed by atoms with Crippen molar-refractivity contribution >= 4 is 0 Å². The first-order valence-electron chi connectivity index (χ1n) is 5.28. The van der Waals surface area contributed by atoms with Gasteiger partial charge >= 0.3 is 0 Å². The Balaban J connectivity index is 1.77. The molecule has 0 bridgehead atoms. The monoisotopic (exact) mass is 167 g/mol. The van der Waals surface area contributed by atoms with Gasteiger partial charge in [-0.15, -0.1) is 0 Å². The zero-order valence-corrected chi connectivity index (χ0v) is 7.45. The van der Waals surface area contributed by atoms with Crippen LogP contribution in [0.2, 0.25) is 0 Å². The number of fused-ring (bicyclic) bond motifs is 3. The first kappa shape index (κ1) is 7.34. The Hall–Kier alpha value is -0.0800. The van der Waals surface area contributed by atoms with E-state index < -0.39 is 0 Å². The van der Waals surface area contributed by atoms with E-state index in [2.05, 4.69) is 4.90 Å². The third kappa shape index (κ3) is 0.944. The third-order valence-corrected chi connectivity index (χ3v) is 3.97. The van der Waals surface area contributed by atoms with Crippen LogP contribution in [0.25, 0.3) is 0 Å². The predicted octanol–water partition coefficient (Wildman–Crippen LogP) is 0.851. The molecule has 2 aliphatic heterocycles. The topological polar surface area (TPSA) is 23.5 Å². The average molecular weight is 167 g/mol. The van der Waals surface area contributed by atoms with Gasteiger partial charge in [0.15, 0.2) is 0 Å². The van der Waals surface area contributed by atoms with Gasteiger partial charge in [0.05, 0.1) is 6.10 Å². The molecule has 2 nitrogen and oxygen atoms in total. The summed E-state index contributed by atoms with van der Waals surface area (Å²) >= 11 is 0. The molecule has 1 aliphatic carbocycles. The lowest BCUT2D eigenvalue weighted by Crippen LogP contribution is -2.49. The van der Waals surface area contributed by atoms with Crippen LogP contribution in [0.4, 0.5) is 0 Å². The van der Waals surface area contributed by atoms with Gasteiger partial charge in [-0.1, -0.05) is 6.42 Å². The molecular weight excluding hydrogens is 150 g/mol. The van der Waals surface area contributed by atoms with Crippen LogP contribution in [-0.2, 0) is 0 Å². The summed E-state index contributed by atoms with van der Waals surface area (Å²) in [5.74, 6) is 1.55. The summed E-state index contributed by atoms with van der Waals surface area (Å²) in [6.45, 7) is 2.21. The van der Waals surface area contributed by atoms with E-state index >= 15 is 0 Å². The van der Waals surface area contributed by atoms with Crippen molar-refractivity contribution in [2.45, 2.75) is 37.8 Å². The second-order valence-corrected chi connectivity index (χ2v) is 4.69. The van der Waals surface area contributed by atoms with Crippen molar-refractivity contribution in [3.8, 4) is 0 Å². The molecule has 2 saturated heterocycles. The lowest BCUT2D eigenvalue weighted by atomic mass is 9.92. The van der Waals surface area contributed by atoms with Gasteiger partial charge in [-0.3, -0.25) is 4.90 Å². The molecule has 0 amide bonds. The summed E-state index contributed by atoms with van der Waals surface area (Å²) in [7, 11) is 0. The Morgan fingerprint density at radius 2 is 2.08 bits per heavy atom. The molecule has 12 heavy (non-hydrogen) atoms. The Morgan fingerprint density at radius 1 is 1.17 bits per heavy atom. The molecule has 4 atom stereocenters. The smallest absolute Gasteiger partial charge is 0.0698 e. The number of nitrogens with zero attached hydrogens (tertiary/aromatic N) is 1. The minimum Gasteiger partial charge on any atom is -0.391 e. The Kier molecular flexibility index (Phi) is 1.50. The Bertz CT molecular complexity index is 194. The van der Waals surface area contributed by atoms with E-state index in [0.717, 1.165) is 18.5 Å². The fraction of sp³-hybridized carbons (Fsp3) is 1.00. The van der Waals surface area contributed by atoms with Crippen LogP contribution in [0.1, 0.15) is 25.7 Å². The van der Waals surface area contributed by atoms with E-state index in [1.807, 2.05) is 0 Å². The van der Waals surface area contributed by atoms with Crippen molar-refractivity contribution in [1.29, 1.82) is 0 Å². The summed E-state index contributed by atoms with van der Waals surface area (Å²) in [6.07, 6.45) is 5.47. The van der Waals surface area contributed by atoms with Crippen LogP contribution in [0, 0.1) is 11.8 Å². The lowest BCUT2D eigenvalue weighted by molar-refractivity contribution is 0.00987. The minimum atomic E-state index is 0.00403. The second-order valence-electron chi connectivity index (χ2n) is 4.69. The van der Waals surface area contributed by atoms with Crippen molar-refractivity contribution < 1.29 is 5.11 Å². The highest BCUT2D eigenvalue weighted by Gasteiger charge is 2.53. The van der Waals surface area contributed by atoms with Crippen LogP contribution in [0.5, 0.6) is 0 Å². The van der Waals surface area contributed by atoms with Crippen molar-refractivity contribution in [2.75, 3.05) is 13.1 Å². The fourth-order valence-corrected chi connectivity index (χ4v) is 3.22. The molecule has 0 aromatic carbocycles. The molecular formula is C10H17NO. The zero-order chi connectivity index (χ0) is 8.13. The Morgan fingerprint density at radius 3 is 3.00 bits per heavy atom. The summed E-state index contributed by atoms with van der Waals surface area (Å²) in [4.78, 5) is 2.53. The first-order valence-corrected chi connectivity index (χ1v) is 5.28. The van der Waals surface area contributed by atoms with Crippen LogP contribution < -0.4 is 0 Å². The van der Waals surface area contributed by atoms with E-state index in [1.165, 1.54) is 32.2 Å². The second kappa shape index (κ2) is 2.46. The molecule has 1 saturated carbocycles. The number of aliphatic hydroxyl groups is 1. The SMILES string of the molecule is OC1CN2CCCCC2C2CC12. The van der Waals surface area contributed by atoms with Gasteiger partial charge in [-0.05, 0) is 37.6 Å². The molecule has 3 rings (SSSR count). The molecule has 0 aromatic heterocycles. The molecule has 3 aliphatic rings. The highest BCUT2D eigenvalue weighted by Crippen LogP contribution is 2.51. The summed E-state index contributed by atoms with van der Waals surface area (Å²) in [6, 6.07) is 0.854. The van der Waals surface area contributed by atoms with E-state index in [4.69, 9.17) is 0 Å². The van der Waals surface area contributed by atoms with Crippen molar-refractivity contribution in [3.05, 3.63) is 0 Å². The van der Waals surface area contributed by atoms with Gasteiger partial charge in [-0.25, -0.2) is 0 Å². The summed E-state index contributed by atoms with van der Waals surface area (Å²) in [5, 5.41) is 9.72. The van der Waals surface area contributed by atoms with Gasteiger partial charge in [-0.2, -0.15) is 0 Å². The minimum absolute atomic E-state index is 0.00403. The van der Waals surface area contributed by atoms with Gasteiger partial charge in [0.2, 0.25) is 0 Å². The van der Waals surface area contributed by atoms with E-state index in [9.17, 15) is 5.11 Å². The largest absolute Gasteiger partial charge is 0.391 e. The van der Waals surface area contributed by atoms with Crippen LogP contribution in [0.3, 0.4) is 0 Å². The zero-order valence-electron chi connectivity index (χ0n) is 7.45. The lowest BCUT2D eigenvalue weighted by Gasteiger charge is -2.40. The molecule has 1 N–H and O–H groups in total. The molecule has 4 unspecified atom stereocenters. The maximum absolute atomic E-state index is 9.72. The molecule has 68 valence electrons. The molecule has 3 fully saturated rings. The van der Waals surface area contributed by atoms with Gasteiger partial charge in [0.1, 0.15) is 0 Å². The van der Waals surface area contributed by atoms with Crippen molar-refractivity contribution in [1.82, 2.24) is 4.90 Å². The number of rotatable bonds is 0. The molecule has 0 spiro atoms. The molecule has 0 radical (unpaired) electrons. The maximum atomic E-state index is 9.72. The average Bonchev–Trinajstić information content (AvgIpc) is 2.84. The van der Waals surface area contributed by atoms with E-state index in [0.29, 0.717) is 5.92 Å². The first-order chi connectivity index (χ1) is 5.86. The molecule has 2 heterocycles. The number of hydrogen-bond acceptors (Lipinski definition) is 2. The van der Waals surface area contributed by atoms with Gasteiger partial charge in [0.25, 0.3) is 0 Å². The molecule has 2 heteroatoms. The van der Waals surface area contributed by atoms with E-state index in [1.54, 1.807) is 0 Å². The number of hydrogen-bond donors (Lipinski definition) is 1. The molecule has 0 aromatic rings. The van der Waals surface area contributed by atoms with E-state index in [-0.39, 0.29) is 6.10 Å². The maximum Gasteiger partial charge on any atom is 0.0698 e. The Labute approximate surface area is 73.6 Å². The standard InChI is InChI=1S/C10H17NO/c12-10-6-11-4-2-1-3-9(11)7-5-8(7)10/h7-10,12H,1-6H2. The highest BCUT2D eigenvalue weighted by molar-refractivity contribution is 5.05. The predicted molar refractivity (Wildman–Crippen MR) is 46.8 cm³/mol. The van der Waals surface area contributed by atoms with Gasteiger partial charge < -0.3 is 5.11 Å². The number of aliphatic hydroxyl groups excluding tert-OH is 1. The quantitative estimate of drug-likeness (QED) is 0.578. The number of piperidine rings is 2. The highest BCUT2D eigenvalue weighted by atomic mass is 16.3.